The average Bonchev–Trinajstić information content (AvgIpc) is 2.93. The van der Waals surface area contributed by atoms with E-state index < -0.39 is 0 Å². The van der Waals surface area contributed by atoms with E-state index in [1.165, 1.54) is 51.4 Å². The van der Waals surface area contributed by atoms with Crippen molar-refractivity contribution in [1.29, 1.82) is 0 Å². The lowest BCUT2D eigenvalue weighted by Crippen LogP contribution is -2.30. The van der Waals surface area contributed by atoms with Crippen molar-refractivity contribution in [2.24, 2.45) is 0 Å². The van der Waals surface area contributed by atoms with Crippen LogP contribution in [-0.2, 0) is 14.3 Å². The second-order valence-corrected chi connectivity index (χ2v) is 6.68. The van der Waals surface area contributed by atoms with E-state index in [4.69, 9.17) is 9.47 Å². The summed E-state index contributed by atoms with van der Waals surface area (Å²) in [7, 11) is 0. The van der Waals surface area contributed by atoms with E-state index in [0.29, 0.717) is 5.78 Å². The van der Waals surface area contributed by atoms with E-state index in [1.807, 2.05) is 0 Å². The minimum atomic E-state index is -0.257. The van der Waals surface area contributed by atoms with Gasteiger partial charge in [0.15, 0.2) is 5.79 Å². The van der Waals surface area contributed by atoms with E-state index >= 15 is 0 Å². The predicted molar refractivity (Wildman–Crippen MR) is 84.3 cm³/mol. The van der Waals surface area contributed by atoms with Gasteiger partial charge in [-0.1, -0.05) is 38.5 Å². The third-order valence-corrected chi connectivity index (χ3v) is 4.84. The Morgan fingerprint density at radius 2 is 1.05 bits per heavy atom. The monoisotopic (exact) mass is 296 g/mol. The molecule has 1 saturated heterocycles. The number of hydrogen-bond acceptors (Lipinski definition) is 3. The largest absolute Gasteiger partial charge is 0.348 e. The van der Waals surface area contributed by atoms with Gasteiger partial charge >= 0.3 is 0 Å². The molecule has 3 nitrogen and oxygen atoms in total. The van der Waals surface area contributed by atoms with Crippen molar-refractivity contribution in [3.05, 3.63) is 0 Å². The zero-order valence-corrected chi connectivity index (χ0v) is 13.5. The second kappa shape index (κ2) is 9.58. The molecular weight excluding hydrogens is 264 g/mol. The van der Waals surface area contributed by atoms with Gasteiger partial charge in [0.2, 0.25) is 0 Å². The third-order valence-electron chi connectivity index (χ3n) is 4.84. The molecule has 0 aromatic rings. The third kappa shape index (κ3) is 6.48. The number of carbonyl (C=O) groups is 1. The lowest BCUT2D eigenvalue weighted by Gasteiger charge is -2.27. The van der Waals surface area contributed by atoms with Crippen LogP contribution in [0.15, 0.2) is 0 Å². The van der Waals surface area contributed by atoms with Gasteiger partial charge in [0.05, 0.1) is 13.2 Å². The van der Waals surface area contributed by atoms with Crippen LogP contribution >= 0.6 is 0 Å². The van der Waals surface area contributed by atoms with Gasteiger partial charge in [-0.3, -0.25) is 4.79 Å². The summed E-state index contributed by atoms with van der Waals surface area (Å²) in [6.45, 7) is 1.53. The minimum Gasteiger partial charge on any atom is -0.348 e. The molecule has 1 heterocycles. The maximum Gasteiger partial charge on any atom is 0.168 e. The predicted octanol–water partition coefficient (Wildman–Crippen LogP) is 4.77. The number of hydrogen-bond donors (Lipinski definition) is 0. The fraction of sp³-hybridized carbons (Fsp3) is 0.944. The molecule has 0 aromatic heterocycles. The summed E-state index contributed by atoms with van der Waals surface area (Å²) in [5.74, 6) is 0.223. The zero-order valence-electron chi connectivity index (χ0n) is 13.5. The molecule has 0 bridgehead atoms. The summed E-state index contributed by atoms with van der Waals surface area (Å²) >= 11 is 0. The summed E-state index contributed by atoms with van der Waals surface area (Å²) < 4.78 is 11.9. The van der Waals surface area contributed by atoms with Crippen molar-refractivity contribution in [2.45, 2.75) is 95.7 Å². The molecule has 2 fully saturated rings. The standard InChI is InChI=1S/C18H32O3/c19-17-11-7-3-1-5-9-13-18(20-15-16-21-18)14-10-6-2-4-8-12-17/h1-16H2. The molecule has 0 amide bonds. The smallest absolute Gasteiger partial charge is 0.168 e. The Labute approximate surface area is 129 Å². The first-order chi connectivity index (χ1) is 10.3. The molecule has 1 saturated carbocycles. The molecule has 122 valence electrons. The van der Waals surface area contributed by atoms with E-state index in [9.17, 15) is 4.79 Å². The second-order valence-electron chi connectivity index (χ2n) is 6.68. The van der Waals surface area contributed by atoms with Crippen LogP contribution in [0.5, 0.6) is 0 Å². The summed E-state index contributed by atoms with van der Waals surface area (Å²) in [5, 5.41) is 0. The summed E-state index contributed by atoms with van der Waals surface area (Å²) in [5.41, 5.74) is 0. The van der Waals surface area contributed by atoms with E-state index in [1.54, 1.807) is 0 Å². The first kappa shape index (κ1) is 17.0. The van der Waals surface area contributed by atoms with E-state index in [0.717, 1.165) is 51.7 Å². The molecule has 0 N–H and O–H groups in total. The number of ketones is 1. The van der Waals surface area contributed by atoms with Crippen molar-refractivity contribution in [2.75, 3.05) is 13.2 Å². The summed E-state index contributed by atoms with van der Waals surface area (Å²) in [6, 6.07) is 0. The fourth-order valence-corrected chi connectivity index (χ4v) is 3.53. The van der Waals surface area contributed by atoms with Gasteiger partial charge in [0.1, 0.15) is 5.78 Å². The average molecular weight is 296 g/mol. The zero-order chi connectivity index (χ0) is 14.8. The van der Waals surface area contributed by atoms with Crippen molar-refractivity contribution in [1.82, 2.24) is 0 Å². The molecular formula is C18H32O3. The molecule has 21 heavy (non-hydrogen) atoms. The first-order valence-electron chi connectivity index (χ1n) is 9.10. The van der Waals surface area contributed by atoms with Gasteiger partial charge < -0.3 is 9.47 Å². The number of Topliss-reactive ketones (excluding diaryl/α,β-unsaturated/α-hetero) is 1. The number of ether oxygens (including phenoxy) is 2. The Balaban J connectivity index is 1.75. The lowest BCUT2D eigenvalue weighted by molar-refractivity contribution is -0.168. The molecule has 2 aliphatic rings. The Kier molecular flexibility index (Phi) is 7.73. The molecule has 0 aromatic carbocycles. The van der Waals surface area contributed by atoms with Crippen LogP contribution < -0.4 is 0 Å². The van der Waals surface area contributed by atoms with Gasteiger partial charge in [-0.05, 0) is 25.7 Å². The van der Waals surface area contributed by atoms with Crippen LogP contribution in [0, 0.1) is 0 Å². The normalized spacial score (nSPS) is 27.0. The van der Waals surface area contributed by atoms with Crippen LogP contribution in [0.3, 0.4) is 0 Å². The van der Waals surface area contributed by atoms with Crippen molar-refractivity contribution >= 4 is 5.78 Å². The maximum atomic E-state index is 11.7. The lowest BCUT2D eigenvalue weighted by atomic mass is 9.97. The van der Waals surface area contributed by atoms with E-state index in [2.05, 4.69) is 0 Å². The SMILES string of the molecule is O=C1CCCCCCCC2(CCCCCCC1)OCCO2. The Bertz CT molecular complexity index is 273. The number of rotatable bonds is 0. The molecule has 1 spiro atoms. The summed E-state index contributed by atoms with van der Waals surface area (Å²) in [4.78, 5) is 11.7. The van der Waals surface area contributed by atoms with Crippen LogP contribution in [0.4, 0.5) is 0 Å². The van der Waals surface area contributed by atoms with Crippen molar-refractivity contribution < 1.29 is 14.3 Å². The van der Waals surface area contributed by atoms with Crippen molar-refractivity contribution in [3.63, 3.8) is 0 Å². The van der Waals surface area contributed by atoms with Gasteiger partial charge in [0.25, 0.3) is 0 Å². The van der Waals surface area contributed by atoms with Gasteiger partial charge in [-0.2, -0.15) is 0 Å². The summed E-state index contributed by atoms with van der Waals surface area (Å²) in [6.07, 6.45) is 15.6. The topological polar surface area (TPSA) is 35.5 Å². The van der Waals surface area contributed by atoms with Crippen LogP contribution in [-0.4, -0.2) is 24.8 Å². The van der Waals surface area contributed by atoms with Crippen LogP contribution in [0.25, 0.3) is 0 Å². The van der Waals surface area contributed by atoms with Crippen LogP contribution in [0.1, 0.15) is 89.9 Å². The van der Waals surface area contributed by atoms with Crippen molar-refractivity contribution in [3.8, 4) is 0 Å². The molecule has 1 aliphatic heterocycles. The quantitative estimate of drug-likeness (QED) is 0.645. The minimum absolute atomic E-state index is 0.257. The highest BCUT2D eigenvalue weighted by molar-refractivity contribution is 5.78. The van der Waals surface area contributed by atoms with Gasteiger partial charge in [0, 0.05) is 25.7 Å². The van der Waals surface area contributed by atoms with E-state index in [-0.39, 0.29) is 5.79 Å². The molecule has 1 aliphatic carbocycles. The fourth-order valence-electron chi connectivity index (χ4n) is 3.53. The highest BCUT2D eigenvalue weighted by atomic mass is 16.7. The highest BCUT2D eigenvalue weighted by Crippen LogP contribution is 2.32. The van der Waals surface area contributed by atoms with Crippen LogP contribution in [0.2, 0.25) is 0 Å². The molecule has 2 rings (SSSR count). The molecule has 0 atom stereocenters. The Morgan fingerprint density at radius 1 is 0.619 bits per heavy atom. The molecule has 0 radical (unpaired) electrons. The Morgan fingerprint density at radius 3 is 1.57 bits per heavy atom. The maximum absolute atomic E-state index is 11.7. The Hall–Kier alpha value is -0.410. The molecule has 0 unspecified atom stereocenters. The highest BCUT2D eigenvalue weighted by Gasteiger charge is 2.35. The first-order valence-corrected chi connectivity index (χ1v) is 9.10. The number of carbonyl (C=O) groups excluding carboxylic acids is 1. The van der Waals surface area contributed by atoms with Gasteiger partial charge in [-0.15, -0.1) is 0 Å². The van der Waals surface area contributed by atoms with Gasteiger partial charge in [-0.25, -0.2) is 0 Å². The molecule has 3 heteroatoms.